The summed E-state index contributed by atoms with van der Waals surface area (Å²) >= 11 is 6.34. The number of hydrogen-bond donors (Lipinski definition) is 1. The molecular weight excluding hydrogens is 422 g/mol. The predicted molar refractivity (Wildman–Crippen MR) is 130 cm³/mol. The Morgan fingerprint density at radius 3 is 2.84 bits per heavy atom. The first-order valence-electron chi connectivity index (χ1n) is 11.5. The van der Waals surface area contributed by atoms with Crippen LogP contribution in [0.15, 0.2) is 24.3 Å². The standard InChI is InChI=1S/C25H32ClN5O/c1-16-15-20(25(32)27-12-8-14-30-13-6-5-9-17(30)2)23-19(4)29-31(24(23)28-16)22-11-7-10-21(26)18(22)3/h7,10-11,15,17H,5-6,8-9,12-14H2,1-4H3,(H,27,32). The number of rotatable bonds is 6. The molecule has 2 aromatic heterocycles. The van der Waals surface area contributed by atoms with Gasteiger partial charge in [-0.15, -0.1) is 0 Å². The average molecular weight is 454 g/mol. The number of nitrogens with one attached hydrogen (secondary N) is 1. The van der Waals surface area contributed by atoms with Gasteiger partial charge in [-0.2, -0.15) is 5.10 Å². The van der Waals surface area contributed by atoms with Crippen molar-refractivity contribution >= 4 is 28.5 Å². The van der Waals surface area contributed by atoms with Gasteiger partial charge in [-0.3, -0.25) is 4.79 Å². The smallest absolute Gasteiger partial charge is 0.252 e. The molecule has 0 bridgehead atoms. The highest BCUT2D eigenvalue weighted by Gasteiger charge is 2.21. The van der Waals surface area contributed by atoms with Gasteiger partial charge in [0.15, 0.2) is 5.65 Å². The molecule has 6 nitrogen and oxygen atoms in total. The number of amides is 1. The van der Waals surface area contributed by atoms with E-state index < -0.39 is 0 Å². The van der Waals surface area contributed by atoms with E-state index in [2.05, 4.69) is 17.1 Å². The van der Waals surface area contributed by atoms with E-state index in [1.807, 2.05) is 45.0 Å². The highest BCUT2D eigenvalue weighted by atomic mass is 35.5. The molecule has 1 unspecified atom stereocenters. The number of pyridine rings is 1. The summed E-state index contributed by atoms with van der Waals surface area (Å²) in [6.45, 7) is 10.9. The number of nitrogens with zero attached hydrogens (tertiary/aromatic N) is 4. The molecule has 0 radical (unpaired) electrons. The van der Waals surface area contributed by atoms with E-state index >= 15 is 0 Å². The molecule has 170 valence electrons. The summed E-state index contributed by atoms with van der Waals surface area (Å²) in [7, 11) is 0. The van der Waals surface area contributed by atoms with Gasteiger partial charge in [0.1, 0.15) is 0 Å². The van der Waals surface area contributed by atoms with Crippen LogP contribution in [0.3, 0.4) is 0 Å². The van der Waals surface area contributed by atoms with Crippen LogP contribution in [0, 0.1) is 20.8 Å². The fraction of sp³-hybridized carbons (Fsp3) is 0.480. The summed E-state index contributed by atoms with van der Waals surface area (Å²) in [5.74, 6) is -0.0716. The predicted octanol–water partition coefficient (Wildman–Crippen LogP) is 4.99. The van der Waals surface area contributed by atoms with E-state index in [1.165, 1.54) is 25.8 Å². The van der Waals surface area contributed by atoms with Crippen molar-refractivity contribution in [2.24, 2.45) is 0 Å². The summed E-state index contributed by atoms with van der Waals surface area (Å²) in [5.41, 5.74) is 4.67. The Morgan fingerprint density at radius 1 is 1.25 bits per heavy atom. The molecule has 7 heteroatoms. The third-order valence-corrected chi connectivity index (χ3v) is 6.91. The highest BCUT2D eigenvalue weighted by molar-refractivity contribution is 6.31. The molecule has 3 heterocycles. The third kappa shape index (κ3) is 4.52. The van der Waals surface area contributed by atoms with Crippen LogP contribution >= 0.6 is 11.6 Å². The Kier molecular flexibility index (Phi) is 6.82. The zero-order chi connectivity index (χ0) is 22.8. The normalized spacial score (nSPS) is 17.1. The molecule has 1 aliphatic rings. The molecule has 1 saturated heterocycles. The van der Waals surface area contributed by atoms with E-state index in [0.717, 1.165) is 41.0 Å². The minimum Gasteiger partial charge on any atom is -0.352 e. The molecule has 32 heavy (non-hydrogen) atoms. The Morgan fingerprint density at radius 2 is 2.06 bits per heavy atom. The van der Waals surface area contributed by atoms with Gasteiger partial charge in [-0.05, 0) is 77.3 Å². The monoisotopic (exact) mass is 453 g/mol. The van der Waals surface area contributed by atoms with Gasteiger partial charge < -0.3 is 10.2 Å². The molecule has 1 fully saturated rings. The molecule has 1 N–H and O–H groups in total. The van der Waals surface area contributed by atoms with Gasteiger partial charge in [0.05, 0.1) is 22.3 Å². The van der Waals surface area contributed by atoms with Crippen molar-refractivity contribution in [3.8, 4) is 5.69 Å². The summed E-state index contributed by atoms with van der Waals surface area (Å²) < 4.78 is 1.80. The number of benzene rings is 1. The lowest BCUT2D eigenvalue weighted by atomic mass is 10.0. The van der Waals surface area contributed by atoms with E-state index in [9.17, 15) is 4.79 Å². The quantitative estimate of drug-likeness (QED) is 0.534. The zero-order valence-electron chi connectivity index (χ0n) is 19.4. The first kappa shape index (κ1) is 22.7. The van der Waals surface area contributed by atoms with Crippen molar-refractivity contribution in [2.75, 3.05) is 19.6 Å². The number of piperidine rings is 1. The van der Waals surface area contributed by atoms with Crippen molar-refractivity contribution in [1.82, 2.24) is 25.0 Å². The van der Waals surface area contributed by atoms with Crippen LogP contribution in [-0.4, -0.2) is 51.2 Å². The second-order valence-corrected chi connectivity index (χ2v) is 9.29. The zero-order valence-corrected chi connectivity index (χ0v) is 20.2. The Bertz CT molecular complexity index is 1140. The number of hydrogen-bond acceptors (Lipinski definition) is 4. The molecule has 0 aliphatic carbocycles. The number of fused-ring (bicyclic) bond motifs is 1. The topological polar surface area (TPSA) is 63.1 Å². The number of carbonyl (C=O) groups is 1. The number of aryl methyl sites for hydroxylation is 2. The van der Waals surface area contributed by atoms with Crippen molar-refractivity contribution in [2.45, 2.75) is 59.4 Å². The summed E-state index contributed by atoms with van der Waals surface area (Å²) in [6, 6.07) is 8.24. The fourth-order valence-corrected chi connectivity index (χ4v) is 4.83. The first-order chi connectivity index (χ1) is 15.4. The maximum atomic E-state index is 13.1. The lowest BCUT2D eigenvalue weighted by molar-refractivity contribution is 0.0950. The third-order valence-electron chi connectivity index (χ3n) is 6.50. The van der Waals surface area contributed by atoms with Crippen LogP contribution in [-0.2, 0) is 0 Å². The van der Waals surface area contributed by atoms with Gasteiger partial charge in [-0.1, -0.05) is 24.1 Å². The Hall–Kier alpha value is -2.44. The number of halogens is 1. The van der Waals surface area contributed by atoms with Crippen LogP contribution in [0.2, 0.25) is 5.02 Å². The summed E-state index contributed by atoms with van der Waals surface area (Å²) in [5, 5.41) is 9.31. The fourth-order valence-electron chi connectivity index (χ4n) is 4.66. The van der Waals surface area contributed by atoms with Crippen molar-refractivity contribution < 1.29 is 4.79 Å². The van der Waals surface area contributed by atoms with Crippen molar-refractivity contribution in [1.29, 1.82) is 0 Å². The van der Waals surface area contributed by atoms with Gasteiger partial charge in [0.2, 0.25) is 0 Å². The molecular formula is C25H32ClN5O. The second kappa shape index (κ2) is 9.59. The lowest BCUT2D eigenvalue weighted by Gasteiger charge is -2.33. The average Bonchev–Trinajstić information content (AvgIpc) is 3.09. The summed E-state index contributed by atoms with van der Waals surface area (Å²) in [4.78, 5) is 20.4. The first-order valence-corrected chi connectivity index (χ1v) is 11.9. The summed E-state index contributed by atoms with van der Waals surface area (Å²) in [6.07, 6.45) is 4.83. The maximum Gasteiger partial charge on any atom is 0.252 e. The highest BCUT2D eigenvalue weighted by Crippen LogP contribution is 2.28. The van der Waals surface area contributed by atoms with Crippen LogP contribution in [0.1, 0.15) is 59.9 Å². The molecule has 1 aromatic carbocycles. The number of carbonyl (C=O) groups excluding carboxylic acids is 1. The SMILES string of the molecule is Cc1cc(C(=O)NCCCN2CCCCC2C)c2c(C)nn(-c3cccc(Cl)c3C)c2n1. The van der Waals surface area contributed by atoms with Gasteiger partial charge in [0, 0.05) is 29.8 Å². The van der Waals surface area contributed by atoms with Crippen LogP contribution < -0.4 is 5.32 Å². The Labute approximate surface area is 195 Å². The van der Waals surface area contributed by atoms with Gasteiger partial charge >= 0.3 is 0 Å². The van der Waals surface area contributed by atoms with Crippen molar-refractivity contribution in [3.63, 3.8) is 0 Å². The maximum absolute atomic E-state index is 13.1. The minimum atomic E-state index is -0.0716. The number of likely N-dealkylation sites (tertiary alicyclic amines) is 1. The molecule has 0 spiro atoms. The van der Waals surface area contributed by atoms with E-state index in [4.69, 9.17) is 21.7 Å². The van der Waals surface area contributed by atoms with E-state index in [-0.39, 0.29) is 5.91 Å². The number of aromatic nitrogens is 3. The lowest BCUT2D eigenvalue weighted by Crippen LogP contribution is -2.39. The van der Waals surface area contributed by atoms with Crippen LogP contribution in [0.5, 0.6) is 0 Å². The molecule has 0 saturated carbocycles. The van der Waals surface area contributed by atoms with E-state index in [1.54, 1.807) is 4.68 Å². The second-order valence-electron chi connectivity index (χ2n) is 8.88. The molecule has 3 aromatic rings. The van der Waals surface area contributed by atoms with Crippen molar-refractivity contribution in [3.05, 3.63) is 51.8 Å². The molecule has 1 amide bonds. The molecule has 4 rings (SSSR count). The molecule has 1 aliphatic heterocycles. The van der Waals surface area contributed by atoms with Gasteiger partial charge in [0.25, 0.3) is 5.91 Å². The minimum absolute atomic E-state index is 0.0716. The largest absolute Gasteiger partial charge is 0.352 e. The molecule has 1 atom stereocenters. The van der Waals surface area contributed by atoms with E-state index in [0.29, 0.717) is 28.8 Å². The van der Waals surface area contributed by atoms with Crippen LogP contribution in [0.4, 0.5) is 0 Å². The Balaban J connectivity index is 1.56. The van der Waals surface area contributed by atoms with Gasteiger partial charge in [-0.25, -0.2) is 9.67 Å². The van der Waals surface area contributed by atoms with Crippen LogP contribution in [0.25, 0.3) is 16.7 Å².